The second-order valence-corrected chi connectivity index (χ2v) is 5.20. The summed E-state index contributed by atoms with van der Waals surface area (Å²) >= 11 is 1.81. The molecule has 3 amide bonds. The smallest absolute Gasteiger partial charge is 0.321 e. The van der Waals surface area contributed by atoms with Crippen LogP contribution in [0.25, 0.3) is 0 Å². The van der Waals surface area contributed by atoms with Crippen molar-refractivity contribution in [1.29, 1.82) is 0 Å². The van der Waals surface area contributed by atoms with E-state index in [1.807, 2.05) is 11.8 Å². The second kappa shape index (κ2) is 7.16. The molecule has 1 aliphatic rings. The lowest BCUT2D eigenvalue weighted by molar-refractivity contribution is -0.138. The highest BCUT2D eigenvalue weighted by atomic mass is 32.2. The van der Waals surface area contributed by atoms with Gasteiger partial charge in [-0.1, -0.05) is 0 Å². The van der Waals surface area contributed by atoms with Crippen LogP contribution in [-0.2, 0) is 9.59 Å². The minimum atomic E-state index is -1.05. The van der Waals surface area contributed by atoms with Crippen LogP contribution >= 0.6 is 11.8 Å². The molecule has 17 heavy (non-hydrogen) atoms. The SMILES string of the molecule is O=C(O)CCC(=O)NC(=O)NCC1CCCS1. The van der Waals surface area contributed by atoms with Crippen LogP contribution in [0.2, 0.25) is 0 Å². The van der Waals surface area contributed by atoms with E-state index in [0.717, 1.165) is 18.6 Å². The van der Waals surface area contributed by atoms with Gasteiger partial charge >= 0.3 is 12.0 Å². The standard InChI is InChI=1S/C10H16N2O4S/c13-8(3-4-9(14)15)12-10(16)11-6-7-2-1-5-17-7/h7H,1-6H2,(H,14,15)(H2,11,12,13,16). The predicted octanol–water partition coefficient (Wildman–Crippen LogP) is 0.573. The lowest BCUT2D eigenvalue weighted by atomic mass is 10.2. The minimum absolute atomic E-state index is 0.180. The molecule has 0 aromatic rings. The summed E-state index contributed by atoms with van der Waals surface area (Å²) in [6.45, 7) is 0.544. The van der Waals surface area contributed by atoms with Crippen LogP contribution in [-0.4, -0.2) is 40.6 Å². The number of imide groups is 1. The van der Waals surface area contributed by atoms with Gasteiger partial charge in [-0.25, -0.2) is 4.79 Å². The fourth-order valence-corrected chi connectivity index (χ4v) is 2.67. The molecule has 0 aromatic carbocycles. The Kier molecular flexibility index (Phi) is 5.82. The van der Waals surface area contributed by atoms with Gasteiger partial charge < -0.3 is 10.4 Å². The molecule has 7 heteroatoms. The molecule has 0 aliphatic carbocycles. The minimum Gasteiger partial charge on any atom is -0.481 e. The molecular weight excluding hydrogens is 244 g/mol. The van der Waals surface area contributed by atoms with Crippen LogP contribution in [0.15, 0.2) is 0 Å². The molecular formula is C10H16N2O4S. The van der Waals surface area contributed by atoms with Crippen LogP contribution in [0.3, 0.4) is 0 Å². The number of urea groups is 1. The van der Waals surface area contributed by atoms with Crippen molar-refractivity contribution in [2.75, 3.05) is 12.3 Å². The topological polar surface area (TPSA) is 95.5 Å². The van der Waals surface area contributed by atoms with Crippen molar-refractivity contribution in [3.63, 3.8) is 0 Å². The van der Waals surface area contributed by atoms with Crippen molar-refractivity contribution >= 4 is 29.7 Å². The predicted molar refractivity (Wildman–Crippen MR) is 63.9 cm³/mol. The van der Waals surface area contributed by atoms with Crippen LogP contribution in [0, 0.1) is 0 Å². The first-order valence-electron chi connectivity index (χ1n) is 5.49. The number of hydrogen-bond donors (Lipinski definition) is 3. The van der Waals surface area contributed by atoms with Gasteiger partial charge in [-0.05, 0) is 18.6 Å². The molecule has 0 aromatic heterocycles. The summed E-state index contributed by atoms with van der Waals surface area (Å²) in [5.74, 6) is -0.502. The van der Waals surface area contributed by atoms with E-state index in [1.54, 1.807) is 0 Å². The maximum atomic E-state index is 11.3. The van der Waals surface area contributed by atoms with E-state index in [-0.39, 0.29) is 12.8 Å². The van der Waals surface area contributed by atoms with Gasteiger partial charge in [0.2, 0.25) is 5.91 Å². The van der Waals surface area contributed by atoms with E-state index < -0.39 is 17.9 Å². The third kappa shape index (κ3) is 6.15. The maximum Gasteiger partial charge on any atom is 0.321 e. The number of aliphatic carboxylic acids is 1. The molecule has 1 rings (SSSR count). The number of hydrogen-bond acceptors (Lipinski definition) is 4. The highest BCUT2D eigenvalue weighted by Crippen LogP contribution is 2.25. The number of carbonyl (C=O) groups excluding carboxylic acids is 2. The Morgan fingerprint density at radius 3 is 2.65 bits per heavy atom. The molecule has 0 bridgehead atoms. The fraction of sp³-hybridized carbons (Fsp3) is 0.700. The zero-order valence-corrected chi connectivity index (χ0v) is 10.2. The average Bonchev–Trinajstić information content (AvgIpc) is 2.76. The first-order chi connectivity index (χ1) is 8.08. The highest BCUT2D eigenvalue weighted by Gasteiger charge is 2.16. The summed E-state index contributed by atoms with van der Waals surface area (Å²) in [7, 11) is 0. The molecule has 1 atom stereocenters. The summed E-state index contributed by atoms with van der Waals surface area (Å²) in [5.41, 5.74) is 0. The molecule has 1 unspecified atom stereocenters. The van der Waals surface area contributed by atoms with E-state index in [1.165, 1.54) is 0 Å². The van der Waals surface area contributed by atoms with Crippen LogP contribution in [0.5, 0.6) is 0 Å². The van der Waals surface area contributed by atoms with Gasteiger partial charge in [0.1, 0.15) is 0 Å². The number of rotatable bonds is 5. The molecule has 0 saturated carbocycles. The largest absolute Gasteiger partial charge is 0.481 e. The van der Waals surface area contributed by atoms with Gasteiger partial charge in [-0.3, -0.25) is 14.9 Å². The molecule has 1 saturated heterocycles. The average molecular weight is 260 g/mol. The van der Waals surface area contributed by atoms with E-state index in [4.69, 9.17) is 5.11 Å². The summed E-state index contributed by atoms with van der Waals surface area (Å²) in [5, 5.41) is 13.5. The first-order valence-corrected chi connectivity index (χ1v) is 6.54. The van der Waals surface area contributed by atoms with Gasteiger partial charge in [-0.2, -0.15) is 11.8 Å². The molecule has 0 radical (unpaired) electrons. The summed E-state index contributed by atoms with van der Waals surface area (Å²) in [6, 6.07) is -0.548. The molecule has 96 valence electrons. The molecule has 0 spiro atoms. The van der Waals surface area contributed by atoms with Gasteiger partial charge in [0.15, 0.2) is 0 Å². The van der Waals surface area contributed by atoms with Crippen molar-refractivity contribution in [3.05, 3.63) is 0 Å². The Morgan fingerprint density at radius 1 is 1.29 bits per heavy atom. The van der Waals surface area contributed by atoms with Crippen molar-refractivity contribution in [2.45, 2.75) is 30.9 Å². The molecule has 1 heterocycles. The summed E-state index contributed by atoms with van der Waals surface area (Å²) in [4.78, 5) is 32.6. The third-order valence-corrected chi connectivity index (χ3v) is 3.73. The first kappa shape index (κ1) is 13.8. The number of thioether (sulfide) groups is 1. The van der Waals surface area contributed by atoms with Crippen LogP contribution in [0.4, 0.5) is 4.79 Å². The zero-order valence-electron chi connectivity index (χ0n) is 9.40. The van der Waals surface area contributed by atoms with E-state index in [9.17, 15) is 14.4 Å². The summed E-state index contributed by atoms with van der Waals surface area (Å²) < 4.78 is 0. The summed E-state index contributed by atoms with van der Waals surface area (Å²) in [6.07, 6.45) is 1.80. The third-order valence-electron chi connectivity index (χ3n) is 2.33. The Hall–Kier alpha value is -1.24. The van der Waals surface area contributed by atoms with Gasteiger partial charge in [0.25, 0.3) is 0 Å². The Bertz CT molecular complexity index is 303. The van der Waals surface area contributed by atoms with Crippen molar-refractivity contribution in [1.82, 2.24) is 10.6 Å². The Morgan fingerprint density at radius 2 is 2.06 bits per heavy atom. The number of nitrogens with one attached hydrogen (secondary N) is 2. The number of carbonyl (C=O) groups is 3. The maximum absolute atomic E-state index is 11.3. The highest BCUT2D eigenvalue weighted by molar-refractivity contribution is 8.00. The lowest BCUT2D eigenvalue weighted by Crippen LogP contribution is -2.41. The van der Waals surface area contributed by atoms with Crippen molar-refractivity contribution in [3.8, 4) is 0 Å². The normalized spacial score (nSPS) is 18.7. The zero-order chi connectivity index (χ0) is 12.7. The monoisotopic (exact) mass is 260 g/mol. The van der Waals surface area contributed by atoms with Crippen LogP contribution < -0.4 is 10.6 Å². The molecule has 6 nitrogen and oxygen atoms in total. The van der Waals surface area contributed by atoms with Crippen LogP contribution in [0.1, 0.15) is 25.7 Å². The Labute approximate surface area is 104 Å². The van der Waals surface area contributed by atoms with E-state index >= 15 is 0 Å². The second-order valence-electron chi connectivity index (χ2n) is 3.79. The molecule has 3 N–H and O–H groups in total. The number of amides is 3. The van der Waals surface area contributed by atoms with Gasteiger partial charge in [0.05, 0.1) is 6.42 Å². The van der Waals surface area contributed by atoms with Gasteiger partial charge in [-0.15, -0.1) is 0 Å². The lowest BCUT2D eigenvalue weighted by Gasteiger charge is -2.10. The van der Waals surface area contributed by atoms with Crippen molar-refractivity contribution < 1.29 is 19.5 Å². The number of carboxylic acids is 1. The van der Waals surface area contributed by atoms with Crippen molar-refractivity contribution in [2.24, 2.45) is 0 Å². The Balaban J connectivity index is 2.10. The van der Waals surface area contributed by atoms with Gasteiger partial charge in [0, 0.05) is 18.2 Å². The van der Waals surface area contributed by atoms with E-state index in [0.29, 0.717) is 11.8 Å². The fourth-order valence-electron chi connectivity index (χ4n) is 1.47. The van der Waals surface area contributed by atoms with E-state index in [2.05, 4.69) is 10.6 Å². The quantitative estimate of drug-likeness (QED) is 0.671. The molecule has 1 aliphatic heterocycles. The molecule has 1 fully saturated rings. The number of carboxylic acid groups (broad SMARTS) is 1.